The predicted molar refractivity (Wildman–Crippen MR) is 94.0 cm³/mol. The van der Waals surface area contributed by atoms with Crippen LogP contribution in [-0.4, -0.2) is 60.4 Å². The highest BCUT2D eigenvalue weighted by Gasteiger charge is 2.28. The molecular weight excluding hydrogens is 308 g/mol. The molecule has 1 aliphatic heterocycles. The average molecular weight is 342 g/mol. The molecule has 0 spiro atoms. The number of carbonyl (C=O) groups excluding carboxylic acids is 2. The van der Waals surface area contributed by atoms with E-state index in [4.69, 9.17) is 9.47 Å². The van der Waals surface area contributed by atoms with Gasteiger partial charge in [0.05, 0.1) is 6.61 Å². The normalized spacial score (nSPS) is 16.2. The minimum Gasteiger partial charge on any atom is -0.449 e. The van der Waals surface area contributed by atoms with Crippen molar-refractivity contribution in [3.05, 3.63) is 0 Å². The predicted octanol–water partition coefficient (Wildman–Crippen LogP) is 3.75. The lowest BCUT2D eigenvalue weighted by Gasteiger charge is -2.35. The smallest absolute Gasteiger partial charge is 0.410 e. The number of carbonyl (C=O) groups is 2. The molecule has 1 saturated heterocycles. The molecule has 1 aliphatic rings. The van der Waals surface area contributed by atoms with Crippen LogP contribution in [0.2, 0.25) is 0 Å². The van der Waals surface area contributed by atoms with Crippen molar-refractivity contribution >= 4 is 12.2 Å². The molecule has 0 aromatic heterocycles. The van der Waals surface area contributed by atoms with E-state index in [9.17, 15) is 9.59 Å². The van der Waals surface area contributed by atoms with Crippen molar-refractivity contribution in [2.75, 3.05) is 32.8 Å². The van der Waals surface area contributed by atoms with E-state index in [1.54, 1.807) is 9.80 Å². The Kier molecular flexibility index (Phi) is 7.84. The summed E-state index contributed by atoms with van der Waals surface area (Å²) >= 11 is 0. The topological polar surface area (TPSA) is 59.1 Å². The second kappa shape index (κ2) is 9.14. The number of hydrogen-bond donors (Lipinski definition) is 0. The van der Waals surface area contributed by atoms with Crippen molar-refractivity contribution in [3.8, 4) is 0 Å². The van der Waals surface area contributed by atoms with Gasteiger partial charge in [-0.15, -0.1) is 0 Å². The molecule has 140 valence electrons. The summed E-state index contributed by atoms with van der Waals surface area (Å²) in [6.07, 6.45) is 1.28. The number of amides is 2. The fourth-order valence-electron chi connectivity index (χ4n) is 2.60. The van der Waals surface area contributed by atoms with E-state index in [0.29, 0.717) is 44.6 Å². The van der Waals surface area contributed by atoms with Crippen LogP contribution in [0.1, 0.15) is 54.4 Å². The van der Waals surface area contributed by atoms with Gasteiger partial charge in [0.15, 0.2) is 0 Å². The van der Waals surface area contributed by atoms with Gasteiger partial charge in [0.2, 0.25) is 0 Å². The molecule has 1 fully saturated rings. The highest BCUT2D eigenvalue weighted by Crippen LogP contribution is 2.21. The van der Waals surface area contributed by atoms with Crippen molar-refractivity contribution in [2.24, 2.45) is 11.8 Å². The molecule has 0 N–H and O–H groups in total. The van der Waals surface area contributed by atoms with Gasteiger partial charge in [0.25, 0.3) is 0 Å². The lowest BCUT2D eigenvalue weighted by atomic mass is 9.96. The van der Waals surface area contributed by atoms with E-state index in [1.807, 2.05) is 41.5 Å². The Hall–Kier alpha value is -1.46. The number of ether oxygens (including phenoxy) is 2. The Balaban J connectivity index is 2.41. The minimum absolute atomic E-state index is 0.235. The molecular formula is C18H34N2O4. The van der Waals surface area contributed by atoms with Gasteiger partial charge >= 0.3 is 12.2 Å². The van der Waals surface area contributed by atoms with Crippen LogP contribution in [0.5, 0.6) is 0 Å². The van der Waals surface area contributed by atoms with E-state index >= 15 is 0 Å². The van der Waals surface area contributed by atoms with Gasteiger partial charge in [0.1, 0.15) is 5.60 Å². The summed E-state index contributed by atoms with van der Waals surface area (Å²) in [6.45, 7) is 14.8. The summed E-state index contributed by atoms with van der Waals surface area (Å²) in [5.74, 6) is 0.736. The third kappa shape index (κ3) is 7.41. The fourth-order valence-corrected chi connectivity index (χ4v) is 2.60. The number of rotatable bonds is 5. The molecule has 2 amide bonds. The third-order valence-electron chi connectivity index (χ3n) is 3.92. The monoisotopic (exact) mass is 342 g/mol. The Morgan fingerprint density at radius 3 is 2.25 bits per heavy atom. The van der Waals surface area contributed by atoms with E-state index in [0.717, 1.165) is 12.8 Å². The van der Waals surface area contributed by atoms with Crippen LogP contribution in [0.3, 0.4) is 0 Å². The first-order chi connectivity index (χ1) is 11.1. The number of nitrogens with zero attached hydrogens (tertiary/aromatic N) is 2. The molecule has 6 heteroatoms. The molecule has 0 aromatic carbocycles. The van der Waals surface area contributed by atoms with E-state index in [1.165, 1.54) is 0 Å². The number of hydrogen-bond acceptors (Lipinski definition) is 4. The second-order valence-electron chi connectivity index (χ2n) is 7.92. The summed E-state index contributed by atoms with van der Waals surface area (Å²) < 4.78 is 10.7. The van der Waals surface area contributed by atoms with Crippen LogP contribution in [0, 0.1) is 11.8 Å². The maximum atomic E-state index is 12.1. The number of likely N-dealkylation sites (tertiary alicyclic amines) is 1. The number of piperidine rings is 1. The summed E-state index contributed by atoms with van der Waals surface area (Å²) in [5.41, 5.74) is -0.465. The fraction of sp³-hybridized carbons (Fsp3) is 0.889. The first kappa shape index (κ1) is 20.6. The molecule has 1 rings (SSSR count). The van der Waals surface area contributed by atoms with Crippen LogP contribution in [0.15, 0.2) is 0 Å². The molecule has 0 aliphatic carbocycles. The zero-order valence-corrected chi connectivity index (χ0v) is 16.1. The van der Waals surface area contributed by atoms with Crippen molar-refractivity contribution in [2.45, 2.75) is 60.0 Å². The first-order valence-electron chi connectivity index (χ1n) is 9.02. The molecule has 6 nitrogen and oxygen atoms in total. The largest absolute Gasteiger partial charge is 0.449 e. The van der Waals surface area contributed by atoms with E-state index in [-0.39, 0.29) is 12.2 Å². The van der Waals surface area contributed by atoms with Gasteiger partial charge in [-0.2, -0.15) is 0 Å². The maximum absolute atomic E-state index is 12.1. The van der Waals surface area contributed by atoms with Crippen molar-refractivity contribution in [3.63, 3.8) is 0 Å². The summed E-state index contributed by atoms with van der Waals surface area (Å²) in [7, 11) is 0. The molecule has 0 atom stereocenters. The summed E-state index contributed by atoms with van der Waals surface area (Å²) in [5, 5.41) is 0. The third-order valence-corrected chi connectivity index (χ3v) is 3.92. The quantitative estimate of drug-likeness (QED) is 0.763. The second-order valence-corrected chi connectivity index (χ2v) is 7.92. The van der Waals surface area contributed by atoms with E-state index < -0.39 is 5.60 Å². The highest BCUT2D eigenvalue weighted by atomic mass is 16.6. The van der Waals surface area contributed by atoms with Crippen LogP contribution in [0.25, 0.3) is 0 Å². The Bertz CT molecular complexity index is 410. The van der Waals surface area contributed by atoms with Gasteiger partial charge < -0.3 is 19.3 Å². The minimum atomic E-state index is -0.465. The van der Waals surface area contributed by atoms with Gasteiger partial charge in [0, 0.05) is 26.2 Å². The van der Waals surface area contributed by atoms with Gasteiger partial charge in [-0.05, 0) is 52.4 Å². The molecule has 0 radical (unpaired) electrons. The average Bonchev–Trinajstić information content (AvgIpc) is 2.49. The highest BCUT2D eigenvalue weighted by molar-refractivity contribution is 5.68. The summed E-state index contributed by atoms with van der Waals surface area (Å²) in [6, 6.07) is 0. The lowest BCUT2D eigenvalue weighted by Crippen LogP contribution is -2.44. The Morgan fingerprint density at radius 2 is 1.79 bits per heavy atom. The van der Waals surface area contributed by atoms with Gasteiger partial charge in [-0.1, -0.05) is 13.8 Å². The molecule has 0 bridgehead atoms. The standard InChI is InChI=1S/C18H34N2O4/c1-7-19(16(21)23-13-14(2)3)12-15-8-10-20(11-9-15)17(22)24-18(4,5)6/h14-15H,7-13H2,1-6H3. The van der Waals surface area contributed by atoms with Gasteiger partial charge in [-0.3, -0.25) is 0 Å². The molecule has 0 aromatic rings. The Morgan fingerprint density at radius 1 is 1.21 bits per heavy atom. The zero-order chi connectivity index (χ0) is 18.3. The van der Waals surface area contributed by atoms with Crippen LogP contribution < -0.4 is 0 Å². The SMILES string of the molecule is CCN(CC1CCN(C(=O)OC(C)(C)C)CC1)C(=O)OCC(C)C. The van der Waals surface area contributed by atoms with Gasteiger partial charge in [-0.25, -0.2) is 9.59 Å². The van der Waals surface area contributed by atoms with Crippen molar-refractivity contribution < 1.29 is 19.1 Å². The van der Waals surface area contributed by atoms with Crippen molar-refractivity contribution in [1.82, 2.24) is 9.80 Å². The molecule has 24 heavy (non-hydrogen) atoms. The van der Waals surface area contributed by atoms with Crippen LogP contribution >= 0.6 is 0 Å². The van der Waals surface area contributed by atoms with Crippen LogP contribution in [-0.2, 0) is 9.47 Å². The van der Waals surface area contributed by atoms with E-state index in [2.05, 4.69) is 0 Å². The summed E-state index contributed by atoms with van der Waals surface area (Å²) in [4.78, 5) is 27.7. The molecule has 0 unspecified atom stereocenters. The molecule has 0 saturated carbocycles. The maximum Gasteiger partial charge on any atom is 0.410 e. The molecule has 1 heterocycles. The Labute approximate surface area is 146 Å². The first-order valence-corrected chi connectivity index (χ1v) is 9.02. The van der Waals surface area contributed by atoms with Crippen molar-refractivity contribution in [1.29, 1.82) is 0 Å². The zero-order valence-electron chi connectivity index (χ0n) is 16.1. The van der Waals surface area contributed by atoms with Crippen LogP contribution in [0.4, 0.5) is 9.59 Å². The lowest BCUT2D eigenvalue weighted by molar-refractivity contribution is 0.0164.